The molecule has 0 bridgehead atoms. The van der Waals surface area contributed by atoms with Gasteiger partial charge in [-0.15, -0.1) is 0 Å². The second-order valence-corrected chi connectivity index (χ2v) is 7.96. The molecular formula is C23H26ClN3O3S. The molecule has 0 saturated heterocycles. The molecule has 8 heteroatoms. The zero-order valence-electron chi connectivity index (χ0n) is 17.8. The maximum Gasteiger partial charge on any atom is 0.251 e. The number of methoxy groups -OCH3 is 1. The fourth-order valence-electron chi connectivity index (χ4n) is 3.42. The number of ether oxygens (including phenoxy) is 2. The zero-order chi connectivity index (χ0) is 22.4. The summed E-state index contributed by atoms with van der Waals surface area (Å²) in [6, 6.07) is 12.7. The average molecular weight is 460 g/mol. The maximum absolute atomic E-state index is 13.2. The van der Waals surface area contributed by atoms with Gasteiger partial charge in [-0.3, -0.25) is 4.79 Å². The first-order valence-corrected chi connectivity index (χ1v) is 10.8. The Kier molecular flexibility index (Phi) is 7.76. The van der Waals surface area contributed by atoms with Crippen molar-refractivity contribution in [2.75, 3.05) is 13.7 Å². The Morgan fingerprint density at radius 3 is 2.68 bits per heavy atom. The molecule has 2 aromatic carbocycles. The van der Waals surface area contributed by atoms with Gasteiger partial charge in [-0.05, 0) is 37.2 Å². The van der Waals surface area contributed by atoms with Crippen molar-refractivity contribution in [1.82, 2.24) is 16.0 Å². The molecule has 1 aliphatic rings. The van der Waals surface area contributed by atoms with Gasteiger partial charge in [0.1, 0.15) is 0 Å². The number of thiocarbonyl (C=S) groups is 1. The van der Waals surface area contributed by atoms with Crippen LogP contribution in [0.4, 0.5) is 0 Å². The van der Waals surface area contributed by atoms with E-state index in [1.54, 1.807) is 19.2 Å². The molecule has 0 unspecified atom stereocenters. The molecule has 1 amide bonds. The lowest BCUT2D eigenvalue weighted by molar-refractivity contribution is -0.118. The summed E-state index contributed by atoms with van der Waals surface area (Å²) in [7, 11) is 1.56. The predicted molar refractivity (Wildman–Crippen MR) is 126 cm³/mol. The molecule has 164 valence electrons. The van der Waals surface area contributed by atoms with E-state index in [9.17, 15) is 4.79 Å². The molecule has 1 aliphatic heterocycles. The zero-order valence-corrected chi connectivity index (χ0v) is 19.3. The number of hydrogen-bond acceptors (Lipinski definition) is 4. The highest BCUT2D eigenvalue weighted by molar-refractivity contribution is 7.80. The first-order valence-electron chi connectivity index (χ1n) is 10.0. The van der Waals surface area contributed by atoms with E-state index in [0.717, 1.165) is 12.0 Å². The van der Waals surface area contributed by atoms with E-state index in [-0.39, 0.29) is 5.91 Å². The Morgan fingerprint density at radius 1 is 1.26 bits per heavy atom. The number of benzene rings is 2. The lowest BCUT2D eigenvalue weighted by Crippen LogP contribution is -2.46. The summed E-state index contributed by atoms with van der Waals surface area (Å²) >= 11 is 11.7. The minimum Gasteiger partial charge on any atom is -0.493 e. The molecule has 3 N–H and O–H groups in total. The van der Waals surface area contributed by atoms with Crippen LogP contribution in [0.15, 0.2) is 53.7 Å². The van der Waals surface area contributed by atoms with Crippen LogP contribution in [0.25, 0.3) is 0 Å². The highest BCUT2D eigenvalue weighted by atomic mass is 35.5. The molecule has 2 aromatic rings. The van der Waals surface area contributed by atoms with E-state index >= 15 is 0 Å². The fourth-order valence-corrected chi connectivity index (χ4v) is 3.90. The summed E-state index contributed by atoms with van der Waals surface area (Å²) in [5.41, 5.74) is 2.87. The van der Waals surface area contributed by atoms with Gasteiger partial charge < -0.3 is 25.4 Å². The van der Waals surface area contributed by atoms with Crippen LogP contribution >= 0.6 is 23.8 Å². The van der Waals surface area contributed by atoms with Gasteiger partial charge in [0.05, 0.1) is 25.3 Å². The van der Waals surface area contributed by atoms with Crippen molar-refractivity contribution < 1.29 is 14.3 Å². The number of amides is 1. The van der Waals surface area contributed by atoms with Gasteiger partial charge in [0, 0.05) is 28.9 Å². The van der Waals surface area contributed by atoms with E-state index in [4.69, 9.17) is 33.3 Å². The first kappa shape index (κ1) is 22.9. The van der Waals surface area contributed by atoms with Gasteiger partial charge in [-0.25, -0.2) is 0 Å². The second-order valence-electron chi connectivity index (χ2n) is 7.11. The first-order chi connectivity index (χ1) is 14.9. The number of rotatable bonds is 8. The normalized spacial score (nSPS) is 15.7. The van der Waals surface area contributed by atoms with Gasteiger partial charge in [-0.1, -0.05) is 48.9 Å². The van der Waals surface area contributed by atoms with Crippen LogP contribution in [0.5, 0.6) is 11.5 Å². The maximum atomic E-state index is 13.2. The van der Waals surface area contributed by atoms with Crippen molar-refractivity contribution in [2.24, 2.45) is 0 Å². The van der Waals surface area contributed by atoms with Gasteiger partial charge in [0.15, 0.2) is 16.6 Å². The molecule has 0 radical (unpaired) electrons. The molecule has 0 fully saturated rings. The fraction of sp³-hybridized carbons (Fsp3) is 0.304. The molecule has 3 rings (SSSR count). The third-order valence-corrected chi connectivity index (χ3v) is 5.28. The van der Waals surface area contributed by atoms with Crippen molar-refractivity contribution >= 4 is 34.8 Å². The van der Waals surface area contributed by atoms with E-state index in [1.807, 2.05) is 44.2 Å². The standard InChI is InChI=1S/C23H26ClN3O3S/c1-4-10-30-21-17(11-16(24)12-18(21)29-3)20-19(14(2)26-23(31)27-20)22(28)25-13-15-8-6-5-7-9-15/h5-9,11-12,20H,4,10,13H2,1-3H3,(H,25,28)(H2,26,27,31)/t20-/m0/s1. The van der Waals surface area contributed by atoms with Gasteiger partial charge in [-0.2, -0.15) is 0 Å². The monoisotopic (exact) mass is 459 g/mol. The molecule has 31 heavy (non-hydrogen) atoms. The number of carbonyl (C=O) groups is 1. The van der Waals surface area contributed by atoms with Gasteiger partial charge in [0.25, 0.3) is 5.91 Å². The third-order valence-electron chi connectivity index (χ3n) is 4.84. The average Bonchev–Trinajstić information content (AvgIpc) is 2.76. The van der Waals surface area contributed by atoms with Crippen molar-refractivity contribution in [3.05, 3.63) is 69.9 Å². The van der Waals surface area contributed by atoms with E-state index in [2.05, 4.69) is 16.0 Å². The van der Waals surface area contributed by atoms with Crippen LogP contribution in [0.1, 0.15) is 37.4 Å². The van der Waals surface area contributed by atoms with Crippen LogP contribution in [0, 0.1) is 0 Å². The van der Waals surface area contributed by atoms with E-state index in [1.165, 1.54) is 0 Å². The molecule has 0 aliphatic carbocycles. The SMILES string of the molecule is CCCOc1c(OC)cc(Cl)cc1[C@@H]1NC(=S)NC(C)=C1C(=O)NCc1ccccc1. The highest BCUT2D eigenvalue weighted by Crippen LogP contribution is 2.41. The number of halogens is 1. The van der Waals surface area contributed by atoms with E-state index < -0.39 is 6.04 Å². The van der Waals surface area contributed by atoms with Gasteiger partial charge in [0.2, 0.25) is 0 Å². The highest BCUT2D eigenvalue weighted by Gasteiger charge is 2.33. The van der Waals surface area contributed by atoms with E-state index in [0.29, 0.717) is 51.6 Å². The number of nitrogens with one attached hydrogen (secondary N) is 3. The number of carbonyl (C=O) groups excluding carboxylic acids is 1. The summed E-state index contributed by atoms with van der Waals surface area (Å²) in [6.07, 6.45) is 0.822. The molecule has 0 saturated carbocycles. The third kappa shape index (κ3) is 5.48. The van der Waals surface area contributed by atoms with Crippen LogP contribution in [0.3, 0.4) is 0 Å². The minimum absolute atomic E-state index is 0.214. The Hall–Kier alpha value is -2.77. The Balaban J connectivity index is 1.99. The minimum atomic E-state index is -0.552. The molecule has 1 atom stereocenters. The lowest BCUT2D eigenvalue weighted by atomic mass is 9.93. The molecule has 0 aromatic heterocycles. The Morgan fingerprint density at radius 2 is 2.00 bits per heavy atom. The Bertz CT molecular complexity index is 995. The van der Waals surface area contributed by atoms with Crippen LogP contribution in [-0.4, -0.2) is 24.7 Å². The van der Waals surface area contributed by atoms with Crippen LogP contribution in [-0.2, 0) is 11.3 Å². The quantitative estimate of drug-likeness (QED) is 0.513. The molecule has 6 nitrogen and oxygen atoms in total. The van der Waals surface area contributed by atoms with Crippen molar-refractivity contribution in [1.29, 1.82) is 0 Å². The smallest absolute Gasteiger partial charge is 0.251 e. The van der Waals surface area contributed by atoms with Crippen molar-refractivity contribution in [3.63, 3.8) is 0 Å². The number of allylic oxidation sites excluding steroid dienone is 1. The lowest BCUT2D eigenvalue weighted by Gasteiger charge is -2.31. The van der Waals surface area contributed by atoms with Crippen molar-refractivity contribution in [3.8, 4) is 11.5 Å². The van der Waals surface area contributed by atoms with Gasteiger partial charge >= 0.3 is 0 Å². The molecular weight excluding hydrogens is 434 g/mol. The summed E-state index contributed by atoms with van der Waals surface area (Å²) < 4.78 is 11.5. The van der Waals surface area contributed by atoms with Crippen LogP contribution < -0.4 is 25.4 Å². The summed E-state index contributed by atoms with van der Waals surface area (Å²) in [5, 5.41) is 10.1. The second kappa shape index (κ2) is 10.5. The predicted octanol–water partition coefficient (Wildman–Crippen LogP) is 4.25. The summed E-state index contributed by atoms with van der Waals surface area (Å²) in [6.45, 7) is 4.75. The van der Waals surface area contributed by atoms with Crippen LogP contribution in [0.2, 0.25) is 5.02 Å². The summed E-state index contributed by atoms with van der Waals surface area (Å²) in [4.78, 5) is 13.2. The largest absolute Gasteiger partial charge is 0.493 e. The topological polar surface area (TPSA) is 71.6 Å². The molecule has 1 heterocycles. The summed E-state index contributed by atoms with van der Waals surface area (Å²) in [5.74, 6) is 0.829. The molecule has 0 spiro atoms. The van der Waals surface area contributed by atoms with Crippen molar-refractivity contribution in [2.45, 2.75) is 32.9 Å². The number of hydrogen-bond donors (Lipinski definition) is 3. The Labute approximate surface area is 193 Å².